The van der Waals surface area contributed by atoms with Crippen LogP contribution in [0.5, 0.6) is 0 Å². The van der Waals surface area contributed by atoms with E-state index in [1.807, 2.05) is 11.4 Å². The lowest BCUT2D eigenvalue weighted by Gasteiger charge is -2.04. The van der Waals surface area contributed by atoms with Crippen molar-refractivity contribution in [2.45, 2.75) is 12.7 Å². The lowest BCUT2D eigenvalue weighted by molar-refractivity contribution is -0.113. The lowest BCUT2D eigenvalue weighted by Crippen LogP contribution is -2.14. The summed E-state index contributed by atoms with van der Waals surface area (Å²) in [5.74, 6) is 1.05. The molecule has 1 aromatic heterocycles. The fourth-order valence-electron chi connectivity index (χ4n) is 2.61. The van der Waals surface area contributed by atoms with Gasteiger partial charge in [-0.15, -0.1) is 23.1 Å². The molecule has 152 valence electrons. The van der Waals surface area contributed by atoms with Crippen LogP contribution in [0.25, 0.3) is 11.3 Å². The number of hydrogen-bond donors (Lipinski definition) is 2. The number of carbonyl (C=O) groups is 1. The molecule has 1 heterocycles. The number of aromatic nitrogens is 1. The summed E-state index contributed by atoms with van der Waals surface area (Å²) in [6, 6.07) is 15.2. The zero-order chi connectivity index (χ0) is 20.9. The first-order valence-electron chi connectivity index (χ1n) is 8.75. The topological polar surface area (TPSA) is 88.2 Å². The molecule has 0 aliphatic carbocycles. The monoisotopic (exact) mass is 447 g/mol. The molecular weight excluding hydrogens is 426 g/mol. The molecule has 9 heteroatoms. The number of aryl methyl sites for hydroxylation is 1. The summed E-state index contributed by atoms with van der Waals surface area (Å²) < 4.78 is 25.0. The predicted molar refractivity (Wildman–Crippen MR) is 122 cm³/mol. The van der Waals surface area contributed by atoms with Gasteiger partial charge in [0.1, 0.15) is 0 Å². The largest absolute Gasteiger partial charge is 0.301 e. The van der Waals surface area contributed by atoms with Crippen molar-refractivity contribution in [1.29, 1.82) is 0 Å². The summed E-state index contributed by atoms with van der Waals surface area (Å²) in [4.78, 5) is 16.6. The first-order valence-corrected chi connectivity index (χ1v) is 12.7. The van der Waals surface area contributed by atoms with Crippen LogP contribution in [-0.4, -0.2) is 31.3 Å². The fraction of sp³-hybridized carbons (Fsp3) is 0.200. The molecule has 3 aromatic rings. The number of anilines is 2. The summed E-state index contributed by atoms with van der Waals surface area (Å²) in [7, 11) is -3.30. The van der Waals surface area contributed by atoms with Crippen LogP contribution >= 0.6 is 23.1 Å². The van der Waals surface area contributed by atoms with E-state index < -0.39 is 10.0 Å². The minimum atomic E-state index is -3.30. The van der Waals surface area contributed by atoms with Gasteiger partial charge in [0.05, 0.1) is 17.7 Å². The first-order chi connectivity index (χ1) is 13.8. The number of carbonyl (C=O) groups excluding carboxylic acids is 1. The Bertz CT molecular complexity index is 1090. The number of benzene rings is 2. The average Bonchev–Trinajstić information content (AvgIpc) is 3.09. The van der Waals surface area contributed by atoms with E-state index in [0.717, 1.165) is 23.3 Å². The molecule has 0 atom stereocenters. The minimum absolute atomic E-state index is 0.0868. The second-order valence-corrected chi connectivity index (χ2v) is 10.1. The van der Waals surface area contributed by atoms with Gasteiger partial charge in [-0.05, 0) is 24.6 Å². The smallest absolute Gasteiger partial charge is 0.236 e. The zero-order valence-corrected chi connectivity index (χ0v) is 18.5. The number of hydrogen-bond acceptors (Lipinski definition) is 6. The SMILES string of the molecule is Cc1cccc(CSCC(=O)Nc2nc(-c3ccc(NS(C)(=O)=O)cc3)cs2)c1. The lowest BCUT2D eigenvalue weighted by atomic mass is 10.1. The molecule has 1 amide bonds. The van der Waals surface area contributed by atoms with Crippen molar-refractivity contribution in [3.05, 3.63) is 65.0 Å². The maximum atomic E-state index is 12.2. The number of amides is 1. The molecule has 0 aliphatic heterocycles. The van der Waals surface area contributed by atoms with Crippen LogP contribution in [0.2, 0.25) is 0 Å². The van der Waals surface area contributed by atoms with Gasteiger partial charge in [-0.3, -0.25) is 9.52 Å². The normalized spacial score (nSPS) is 11.2. The first kappa shape index (κ1) is 21.4. The molecule has 29 heavy (non-hydrogen) atoms. The van der Waals surface area contributed by atoms with E-state index in [-0.39, 0.29) is 5.91 Å². The Balaban J connectivity index is 1.52. The van der Waals surface area contributed by atoms with Crippen molar-refractivity contribution in [2.24, 2.45) is 0 Å². The molecule has 0 unspecified atom stereocenters. The zero-order valence-electron chi connectivity index (χ0n) is 16.0. The van der Waals surface area contributed by atoms with Crippen LogP contribution in [0.3, 0.4) is 0 Å². The summed E-state index contributed by atoms with van der Waals surface area (Å²) in [6.07, 6.45) is 1.11. The third-order valence-corrected chi connectivity index (χ3v) is 6.19. The highest BCUT2D eigenvalue weighted by Gasteiger charge is 2.09. The highest BCUT2D eigenvalue weighted by atomic mass is 32.2. The Kier molecular flexibility index (Phi) is 6.94. The Morgan fingerprint density at radius 2 is 1.93 bits per heavy atom. The molecule has 3 rings (SSSR count). The summed E-state index contributed by atoms with van der Waals surface area (Å²) >= 11 is 2.92. The van der Waals surface area contributed by atoms with Gasteiger partial charge in [-0.2, -0.15) is 0 Å². The van der Waals surface area contributed by atoms with Crippen LogP contribution in [0, 0.1) is 6.92 Å². The maximum Gasteiger partial charge on any atom is 0.236 e. The van der Waals surface area contributed by atoms with Crippen molar-refractivity contribution in [2.75, 3.05) is 22.0 Å². The Hall–Kier alpha value is -2.36. The number of sulfonamides is 1. The van der Waals surface area contributed by atoms with E-state index in [1.54, 1.807) is 36.0 Å². The number of rotatable bonds is 8. The van der Waals surface area contributed by atoms with Gasteiger partial charge in [-0.1, -0.05) is 42.0 Å². The molecular formula is C20H21N3O3S3. The number of thioether (sulfide) groups is 1. The van der Waals surface area contributed by atoms with Gasteiger partial charge in [0.15, 0.2) is 5.13 Å². The van der Waals surface area contributed by atoms with E-state index in [4.69, 9.17) is 0 Å². The molecule has 0 fully saturated rings. The van der Waals surface area contributed by atoms with Gasteiger partial charge in [0.25, 0.3) is 0 Å². The summed E-state index contributed by atoms with van der Waals surface area (Å²) in [5, 5.41) is 5.23. The van der Waals surface area contributed by atoms with E-state index in [9.17, 15) is 13.2 Å². The number of nitrogens with zero attached hydrogens (tertiary/aromatic N) is 1. The minimum Gasteiger partial charge on any atom is -0.301 e. The van der Waals surface area contributed by atoms with Crippen LogP contribution < -0.4 is 10.0 Å². The average molecular weight is 448 g/mol. The van der Waals surface area contributed by atoms with Gasteiger partial charge in [0, 0.05) is 22.4 Å². The van der Waals surface area contributed by atoms with Gasteiger partial charge >= 0.3 is 0 Å². The molecule has 0 saturated carbocycles. The molecule has 2 N–H and O–H groups in total. The summed E-state index contributed by atoms with van der Waals surface area (Å²) in [6.45, 7) is 2.05. The summed E-state index contributed by atoms with van der Waals surface area (Å²) in [5.41, 5.74) is 4.47. The van der Waals surface area contributed by atoms with E-state index in [2.05, 4.69) is 40.1 Å². The van der Waals surface area contributed by atoms with Gasteiger partial charge < -0.3 is 5.32 Å². The quantitative estimate of drug-likeness (QED) is 0.536. The van der Waals surface area contributed by atoms with E-state index in [1.165, 1.54) is 22.5 Å². The fourth-order valence-corrected chi connectivity index (χ4v) is 4.68. The molecule has 0 spiro atoms. The standard InChI is InChI=1S/C20H21N3O3S3/c1-14-4-3-5-15(10-14)11-27-13-19(24)22-20-21-18(12-28-20)16-6-8-17(9-7-16)23-29(2,25)26/h3-10,12,23H,11,13H2,1-2H3,(H,21,22,24). The third kappa shape index (κ3) is 6.88. The van der Waals surface area contributed by atoms with Crippen LogP contribution in [0.4, 0.5) is 10.8 Å². The van der Waals surface area contributed by atoms with Crippen molar-refractivity contribution < 1.29 is 13.2 Å². The number of nitrogens with one attached hydrogen (secondary N) is 2. The highest BCUT2D eigenvalue weighted by molar-refractivity contribution is 7.99. The third-order valence-electron chi connectivity index (χ3n) is 3.82. The molecule has 0 aliphatic rings. The van der Waals surface area contributed by atoms with Crippen molar-refractivity contribution in [3.8, 4) is 11.3 Å². The molecule has 0 saturated heterocycles. The van der Waals surface area contributed by atoms with E-state index in [0.29, 0.717) is 16.6 Å². The van der Waals surface area contributed by atoms with Crippen molar-refractivity contribution in [3.63, 3.8) is 0 Å². The second-order valence-electron chi connectivity index (χ2n) is 6.52. The van der Waals surface area contributed by atoms with Crippen LogP contribution in [0.15, 0.2) is 53.9 Å². The van der Waals surface area contributed by atoms with Gasteiger partial charge in [0.2, 0.25) is 15.9 Å². The molecule has 2 aromatic carbocycles. The molecule has 0 radical (unpaired) electrons. The second kappa shape index (κ2) is 9.43. The maximum absolute atomic E-state index is 12.2. The predicted octanol–water partition coefficient (Wildman–Crippen LogP) is 4.36. The van der Waals surface area contributed by atoms with Gasteiger partial charge in [-0.25, -0.2) is 13.4 Å². The van der Waals surface area contributed by atoms with Crippen molar-refractivity contribution >= 4 is 49.8 Å². The highest BCUT2D eigenvalue weighted by Crippen LogP contribution is 2.26. The van der Waals surface area contributed by atoms with E-state index >= 15 is 0 Å². The Labute approximate surface area is 178 Å². The van der Waals surface area contributed by atoms with Crippen LogP contribution in [0.1, 0.15) is 11.1 Å². The Morgan fingerprint density at radius 3 is 2.62 bits per heavy atom. The Morgan fingerprint density at radius 1 is 1.17 bits per heavy atom. The molecule has 6 nitrogen and oxygen atoms in total. The van der Waals surface area contributed by atoms with Crippen molar-refractivity contribution in [1.82, 2.24) is 4.98 Å². The number of thiazole rings is 1. The van der Waals surface area contributed by atoms with Crippen LogP contribution in [-0.2, 0) is 20.6 Å². The molecule has 0 bridgehead atoms.